The van der Waals surface area contributed by atoms with E-state index in [2.05, 4.69) is 5.32 Å². The summed E-state index contributed by atoms with van der Waals surface area (Å²) in [6.45, 7) is 1.86. The first-order valence-corrected chi connectivity index (χ1v) is 1.81. The van der Waals surface area contributed by atoms with Gasteiger partial charge in [0.05, 0.1) is 0 Å². The fraction of sp³-hybridized carbons (Fsp3) is 0.250. The highest BCUT2D eigenvalue weighted by atomic mass is 16.5. The first-order chi connectivity index (χ1) is 2.89. The van der Waals surface area contributed by atoms with Crippen molar-refractivity contribution in [1.29, 1.82) is 0 Å². The third-order valence-electron chi connectivity index (χ3n) is 0.599. The fourth-order valence-electron chi connectivity index (χ4n) is 0.321. The maximum Gasteiger partial charge on any atom is 0.235 e. The van der Waals surface area contributed by atoms with Crippen molar-refractivity contribution in [3.63, 3.8) is 0 Å². The topological polar surface area (TPSA) is 21.3 Å². The van der Waals surface area contributed by atoms with Gasteiger partial charge in [-0.1, -0.05) is 0 Å². The van der Waals surface area contributed by atoms with Gasteiger partial charge in [0.2, 0.25) is 6.23 Å². The predicted octanol–water partition coefficient (Wildman–Crippen LogP) is 0.587. The van der Waals surface area contributed by atoms with Gasteiger partial charge < -0.3 is 10.1 Å². The van der Waals surface area contributed by atoms with Gasteiger partial charge in [-0.15, -0.1) is 0 Å². The summed E-state index contributed by atoms with van der Waals surface area (Å²) in [7, 11) is 0. The Morgan fingerprint density at radius 1 is 1.83 bits per heavy atom. The van der Waals surface area contributed by atoms with Gasteiger partial charge in [-0.05, 0) is 0 Å². The molecular formula is C4H6NO. The summed E-state index contributed by atoms with van der Waals surface area (Å²) in [5, 5.41) is 2.83. The lowest BCUT2D eigenvalue weighted by molar-refractivity contribution is 0.275. The molecule has 0 saturated heterocycles. The molecule has 1 heterocycles. The molecular weight excluding hydrogens is 78.0 g/mol. The zero-order chi connectivity index (χ0) is 4.41. The first-order valence-electron chi connectivity index (χ1n) is 1.81. The fourth-order valence-corrected chi connectivity index (χ4v) is 0.321. The van der Waals surface area contributed by atoms with E-state index in [9.17, 15) is 0 Å². The molecule has 1 N–H and O–H groups in total. The Labute approximate surface area is 36.8 Å². The molecule has 0 spiro atoms. The maximum atomic E-state index is 4.78. The van der Waals surface area contributed by atoms with Crippen LogP contribution in [0.2, 0.25) is 0 Å². The molecule has 0 amide bonds. The molecule has 0 aromatic rings. The number of hydrogen-bond donors (Lipinski definition) is 1. The summed E-state index contributed by atoms with van der Waals surface area (Å²) >= 11 is 0. The summed E-state index contributed by atoms with van der Waals surface area (Å²) in [4.78, 5) is 0. The van der Waals surface area contributed by atoms with E-state index in [1.165, 1.54) is 0 Å². The third-order valence-corrected chi connectivity index (χ3v) is 0.599. The second kappa shape index (κ2) is 1.20. The molecule has 1 aliphatic heterocycles. The van der Waals surface area contributed by atoms with Crippen molar-refractivity contribution in [2.45, 2.75) is 6.92 Å². The van der Waals surface area contributed by atoms with E-state index < -0.39 is 0 Å². The highest BCUT2D eigenvalue weighted by molar-refractivity contribution is 4.89. The largest absolute Gasteiger partial charge is 0.468 e. The van der Waals surface area contributed by atoms with Crippen molar-refractivity contribution in [2.75, 3.05) is 0 Å². The molecule has 0 unspecified atom stereocenters. The number of hydrogen-bond acceptors (Lipinski definition) is 2. The van der Waals surface area contributed by atoms with E-state index in [-0.39, 0.29) is 0 Å². The molecule has 2 nitrogen and oxygen atoms in total. The van der Waals surface area contributed by atoms with Gasteiger partial charge in [-0.2, -0.15) is 0 Å². The molecule has 0 aromatic heterocycles. The highest BCUT2D eigenvalue weighted by Crippen LogP contribution is 2.00. The van der Waals surface area contributed by atoms with Crippen LogP contribution in [0.4, 0.5) is 0 Å². The van der Waals surface area contributed by atoms with Crippen LogP contribution in [-0.4, -0.2) is 0 Å². The minimum absolute atomic E-state index is 0.843. The molecule has 1 radical (unpaired) electrons. The van der Waals surface area contributed by atoms with Crippen LogP contribution in [0.3, 0.4) is 0 Å². The van der Waals surface area contributed by atoms with E-state index in [4.69, 9.17) is 4.74 Å². The van der Waals surface area contributed by atoms with Crippen LogP contribution in [0.15, 0.2) is 12.5 Å². The van der Waals surface area contributed by atoms with Crippen molar-refractivity contribution in [3.05, 3.63) is 18.7 Å². The van der Waals surface area contributed by atoms with Crippen LogP contribution in [-0.2, 0) is 4.74 Å². The Bertz CT molecular complexity index is 61.9. The molecule has 2 heteroatoms. The average Bonchev–Trinajstić information content (AvgIpc) is 1.86. The summed E-state index contributed by atoms with van der Waals surface area (Å²) in [6.07, 6.45) is 4.19. The second-order valence-electron chi connectivity index (χ2n) is 1.12. The molecule has 0 aromatic carbocycles. The highest BCUT2D eigenvalue weighted by Gasteiger charge is 2.00. The Morgan fingerprint density at radius 2 is 2.67 bits per heavy atom. The maximum absolute atomic E-state index is 4.78. The Kier molecular flexibility index (Phi) is 0.708. The summed E-state index contributed by atoms with van der Waals surface area (Å²) < 4.78 is 4.78. The molecule has 1 aliphatic rings. The van der Waals surface area contributed by atoms with E-state index in [1.54, 1.807) is 12.5 Å². The Balaban J connectivity index is 2.32. The van der Waals surface area contributed by atoms with Crippen molar-refractivity contribution in [3.8, 4) is 0 Å². The monoisotopic (exact) mass is 84.0 g/mol. The molecule has 33 valence electrons. The van der Waals surface area contributed by atoms with Gasteiger partial charge in [0.25, 0.3) is 0 Å². The molecule has 1 rings (SSSR count). The van der Waals surface area contributed by atoms with Crippen molar-refractivity contribution >= 4 is 0 Å². The van der Waals surface area contributed by atoms with Crippen LogP contribution in [0.5, 0.6) is 0 Å². The van der Waals surface area contributed by atoms with Crippen molar-refractivity contribution in [2.24, 2.45) is 0 Å². The van der Waals surface area contributed by atoms with E-state index >= 15 is 0 Å². The Morgan fingerprint density at radius 3 is 2.83 bits per heavy atom. The van der Waals surface area contributed by atoms with Gasteiger partial charge in [0.1, 0.15) is 6.26 Å². The molecule has 0 bridgehead atoms. The van der Waals surface area contributed by atoms with Gasteiger partial charge in [0.15, 0.2) is 0 Å². The van der Waals surface area contributed by atoms with Gasteiger partial charge in [0, 0.05) is 13.1 Å². The molecule has 0 aliphatic carbocycles. The SMILES string of the molecule is C[C]1NC=CO1. The summed E-state index contributed by atoms with van der Waals surface area (Å²) in [5.74, 6) is 0. The third kappa shape index (κ3) is 0.455. The van der Waals surface area contributed by atoms with Crippen LogP contribution in [0.1, 0.15) is 6.92 Å². The van der Waals surface area contributed by atoms with Crippen molar-refractivity contribution < 1.29 is 4.74 Å². The zero-order valence-electron chi connectivity index (χ0n) is 3.56. The first kappa shape index (κ1) is 3.53. The lowest BCUT2D eigenvalue weighted by Gasteiger charge is -1.96. The average molecular weight is 84.1 g/mol. The lowest BCUT2D eigenvalue weighted by atomic mass is 10.7. The molecule has 0 saturated carbocycles. The minimum atomic E-state index is 0.843. The molecule has 0 fully saturated rings. The van der Waals surface area contributed by atoms with Crippen LogP contribution >= 0.6 is 0 Å². The normalized spacial score (nSPS) is 20.2. The van der Waals surface area contributed by atoms with Gasteiger partial charge in [-0.25, -0.2) is 0 Å². The summed E-state index contributed by atoms with van der Waals surface area (Å²) in [5.41, 5.74) is 0. The van der Waals surface area contributed by atoms with E-state index in [0.29, 0.717) is 0 Å². The van der Waals surface area contributed by atoms with Crippen LogP contribution in [0, 0.1) is 6.23 Å². The van der Waals surface area contributed by atoms with Gasteiger partial charge >= 0.3 is 0 Å². The van der Waals surface area contributed by atoms with Crippen LogP contribution in [0.25, 0.3) is 0 Å². The Hall–Kier alpha value is -0.660. The van der Waals surface area contributed by atoms with Crippen molar-refractivity contribution in [1.82, 2.24) is 5.32 Å². The quantitative estimate of drug-likeness (QED) is 0.463. The van der Waals surface area contributed by atoms with Gasteiger partial charge in [-0.3, -0.25) is 0 Å². The lowest BCUT2D eigenvalue weighted by Crippen LogP contribution is -2.04. The number of nitrogens with one attached hydrogen (secondary N) is 1. The number of rotatable bonds is 0. The van der Waals surface area contributed by atoms with E-state index in [0.717, 1.165) is 6.23 Å². The zero-order valence-corrected chi connectivity index (χ0v) is 3.56. The number of ether oxygens (including phenoxy) is 1. The minimum Gasteiger partial charge on any atom is -0.468 e. The standard InChI is InChI=1S/C4H6NO/c1-4-5-2-3-6-4/h2-3,5H,1H3. The molecule has 0 atom stereocenters. The summed E-state index contributed by atoms with van der Waals surface area (Å²) in [6, 6.07) is 0. The predicted molar refractivity (Wildman–Crippen MR) is 22.3 cm³/mol. The van der Waals surface area contributed by atoms with E-state index in [1.807, 2.05) is 6.92 Å². The second-order valence-corrected chi connectivity index (χ2v) is 1.12. The molecule has 6 heavy (non-hydrogen) atoms. The smallest absolute Gasteiger partial charge is 0.235 e. The van der Waals surface area contributed by atoms with Crippen LogP contribution < -0.4 is 5.32 Å².